The predicted molar refractivity (Wildman–Crippen MR) is 77.0 cm³/mol. The summed E-state index contributed by atoms with van der Waals surface area (Å²) in [7, 11) is 0. The average Bonchev–Trinajstić information content (AvgIpc) is 2.43. The number of para-hydroxylation sites is 1. The lowest BCUT2D eigenvalue weighted by Gasteiger charge is -2.31. The van der Waals surface area contributed by atoms with E-state index in [1.165, 1.54) is 4.90 Å². The minimum absolute atomic E-state index is 0.0599. The highest BCUT2D eigenvalue weighted by atomic mass is 32.2. The van der Waals surface area contributed by atoms with Crippen molar-refractivity contribution in [3.8, 4) is 0 Å². The SMILES string of the molecule is CC(CCCN)C(=O)N1CCSc2ccccc21. The molecule has 0 spiro atoms. The zero-order valence-corrected chi connectivity index (χ0v) is 11.6. The van der Waals surface area contributed by atoms with Crippen molar-refractivity contribution >= 4 is 23.4 Å². The van der Waals surface area contributed by atoms with Crippen molar-refractivity contribution in [2.45, 2.75) is 24.7 Å². The van der Waals surface area contributed by atoms with Gasteiger partial charge in [-0.25, -0.2) is 0 Å². The van der Waals surface area contributed by atoms with Gasteiger partial charge in [-0.15, -0.1) is 11.8 Å². The Labute approximate surface area is 113 Å². The first-order valence-electron chi connectivity index (χ1n) is 6.47. The summed E-state index contributed by atoms with van der Waals surface area (Å²) in [5, 5.41) is 0. The molecule has 3 nitrogen and oxygen atoms in total. The van der Waals surface area contributed by atoms with Crippen molar-refractivity contribution < 1.29 is 4.79 Å². The summed E-state index contributed by atoms with van der Waals surface area (Å²) in [4.78, 5) is 15.6. The second-order valence-electron chi connectivity index (χ2n) is 4.64. The van der Waals surface area contributed by atoms with Crippen LogP contribution in [0.5, 0.6) is 0 Å². The fourth-order valence-electron chi connectivity index (χ4n) is 2.21. The first kappa shape index (κ1) is 13.4. The van der Waals surface area contributed by atoms with Crippen LogP contribution in [0.2, 0.25) is 0 Å². The van der Waals surface area contributed by atoms with Crippen LogP contribution in [0.25, 0.3) is 0 Å². The molecule has 0 bridgehead atoms. The Morgan fingerprint density at radius 2 is 2.28 bits per heavy atom. The third-order valence-corrected chi connectivity index (χ3v) is 4.30. The highest BCUT2D eigenvalue weighted by molar-refractivity contribution is 7.99. The number of hydrogen-bond donors (Lipinski definition) is 1. The lowest BCUT2D eigenvalue weighted by atomic mass is 10.0. The number of carbonyl (C=O) groups is 1. The molecule has 98 valence electrons. The second-order valence-corrected chi connectivity index (χ2v) is 5.77. The summed E-state index contributed by atoms with van der Waals surface area (Å²) >= 11 is 1.83. The number of thioether (sulfide) groups is 1. The molecule has 1 aliphatic heterocycles. The van der Waals surface area contributed by atoms with Crippen LogP contribution in [0.4, 0.5) is 5.69 Å². The van der Waals surface area contributed by atoms with Crippen LogP contribution < -0.4 is 10.6 Å². The minimum atomic E-state index is 0.0599. The summed E-state index contributed by atoms with van der Waals surface area (Å²) in [5.41, 5.74) is 6.57. The van der Waals surface area contributed by atoms with Crippen LogP contribution >= 0.6 is 11.8 Å². The fraction of sp³-hybridized carbons (Fsp3) is 0.500. The van der Waals surface area contributed by atoms with E-state index in [1.807, 2.05) is 41.8 Å². The smallest absolute Gasteiger partial charge is 0.229 e. The van der Waals surface area contributed by atoms with Crippen molar-refractivity contribution in [2.75, 3.05) is 23.7 Å². The second kappa shape index (κ2) is 6.25. The van der Waals surface area contributed by atoms with Gasteiger partial charge in [0.2, 0.25) is 5.91 Å². The van der Waals surface area contributed by atoms with Gasteiger partial charge in [-0.1, -0.05) is 19.1 Å². The molecule has 2 rings (SSSR count). The summed E-state index contributed by atoms with van der Waals surface area (Å²) in [6, 6.07) is 8.15. The number of nitrogens with zero attached hydrogens (tertiary/aromatic N) is 1. The Kier molecular flexibility index (Phi) is 4.66. The van der Waals surface area contributed by atoms with Gasteiger partial charge in [0.25, 0.3) is 0 Å². The van der Waals surface area contributed by atoms with E-state index >= 15 is 0 Å². The van der Waals surface area contributed by atoms with Crippen molar-refractivity contribution in [1.82, 2.24) is 0 Å². The molecule has 18 heavy (non-hydrogen) atoms. The molecule has 0 radical (unpaired) electrons. The quantitative estimate of drug-likeness (QED) is 0.909. The largest absolute Gasteiger partial charge is 0.330 e. The van der Waals surface area contributed by atoms with Gasteiger partial charge in [-0.2, -0.15) is 0 Å². The maximum Gasteiger partial charge on any atom is 0.229 e. The molecule has 1 heterocycles. The number of nitrogens with two attached hydrogens (primary N) is 1. The van der Waals surface area contributed by atoms with Gasteiger partial charge in [-0.05, 0) is 31.5 Å². The van der Waals surface area contributed by atoms with Crippen LogP contribution in [-0.2, 0) is 4.79 Å². The van der Waals surface area contributed by atoms with Crippen LogP contribution in [0.1, 0.15) is 19.8 Å². The van der Waals surface area contributed by atoms with Crippen LogP contribution in [0.3, 0.4) is 0 Å². The molecule has 0 saturated heterocycles. The van der Waals surface area contributed by atoms with E-state index in [4.69, 9.17) is 5.73 Å². The summed E-state index contributed by atoms with van der Waals surface area (Å²) in [5.74, 6) is 1.27. The van der Waals surface area contributed by atoms with Gasteiger partial charge in [0.05, 0.1) is 5.69 Å². The van der Waals surface area contributed by atoms with Crippen LogP contribution in [0, 0.1) is 5.92 Å². The molecule has 1 amide bonds. The van der Waals surface area contributed by atoms with E-state index in [1.54, 1.807) is 0 Å². The lowest BCUT2D eigenvalue weighted by molar-refractivity contribution is -0.122. The predicted octanol–water partition coefficient (Wildman–Crippen LogP) is 2.50. The van der Waals surface area contributed by atoms with E-state index in [0.717, 1.165) is 30.8 Å². The summed E-state index contributed by atoms with van der Waals surface area (Å²) in [6.45, 7) is 3.47. The van der Waals surface area contributed by atoms with Gasteiger partial charge in [0, 0.05) is 23.1 Å². The number of amides is 1. The molecule has 1 aromatic rings. The zero-order chi connectivity index (χ0) is 13.0. The van der Waals surface area contributed by atoms with Gasteiger partial charge in [0.15, 0.2) is 0 Å². The fourth-order valence-corrected chi connectivity index (χ4v) is 3.21. The minimum Gasteiger partial charge on any atom is -0.330 e. The monoisotopic (exact) mass is 264 g/mol. The number of carbonyl (C=O) groups excluding carboxylic acids is 1. The molecule has 1 atom stereocenters. The Hall–Kier alpha value is -1.00. The van der Waals surface area contributed by atoms with E-state index in [-0.39, 0.29) is 11.8 Å². The van der Waals surface area contributed by atoms with Crippen molar-refractivity contribution in [3.05, 3.63) is 24.3 Å². The summed E-state index contributed by atoms with van der Waals surface area (Å²) in [6.07, 6.45) is 1.79. The first-order chi connectivity index (χ1) is 8.74. The third kappa shape index (κ3) is 2.87. The number of anilines is 1. The maximum absolute atomic E-state index is 12.4. The highest BCUT2D eigenvalue weighted by Crippen LogP contribution is 2.35. The zero-order valence-electron chi connectivity index (χ0n) is 10.8. The average molecular weight is 264 g/mol. The van der Waals surface area contributed by atoms with Gasteiger partial charge < -0.3 is 10.6 Å². The molecule has 4 heteroatoms. The molecule has 0 aliphatic carbocycles. The normalized spacial score (nSPS) is 16.2. The van der Waals surface area contributed by atoms with Crippen molar-refractivity contribution in [1.29, 1.82) is 0 Å². The van der Waals surface area contributed by atoms with E-state index in [2.05, 4.69) is 6.07 Å². The molecule has 1 unspecified atom stereocenters. The molecule has 1 aliphatic rings. The topological polar surface area (TPSA) is 46.3 Å². The molecular formula is C14H20N2OS. The molecular weight excluding hydrogens is 244 g/mol. The summed E-state index contributed by atoms with van der Waals surface area (Å²) < 4.78 is 0. The Morgan fingerprint density at radius 1 is 1.50 bits per heavy atom. The molecule has 2 N–H and O–H groups in total. The number of hydrogen-bond acceptors (Lipinski definition) is 3. The van der Waals surface area contributed by atoms with Crippen LogP contribution in [0.15, 0.2) is 29.2 Å². The highest BCUT2D eigenvalue weighted by Gasteiger charge is 2.25. The lowest BCUT2D eigenvalue weighted by Crippen LogP contribution is -2.39. The van der Waals surface area contributed by atoms with Crippen molar-refractivity contribution in [2.24, 2.45) is 11.7 Å². The molecule has 0 saturated carbocycles. The number of rotatable bonds is 4. The Bertz CT molecular complexity index is 422. The third-order valence-electron chi connectivity index (χ3n) is 3.26. The first-order valence-corrected chi connectivity index (χ1v) is 7.46. The van der Waals surface area contributed by atoms with Crippen LogP contribution in [-0.4, -0.2) is 24.7 Å². The van der Waals surface area contributed by atoms with Gasteiger partial charge >= 0.3 is 0 Å². The Morgan fingerprint density at radius 3 is 3.06 bits per heavy atom. The number of fused-ring (bicyclic) bond motifs is 1. The Balaban J connectivity index is 2.12. The molecule has 0 fully saturated rings. The van der Waals surface area contributed by atoms with E-state index in [0.29, 0.717) is 6.54 Å². The maximum atomic E-state index is 12.4. The van der Waals surface area contributed by atoms with E-state index in [9.17, 15) is 4.79 Å². The van der Waals surface area contributed by atoms with E-state index < -0.39 is 0 Å². The molecule has 0 aromatic heterocycles. The van der Waals surface area contributed by atoms with Gasteiger partial charge in [0.1, 0.15) is 0 Å². The van der Waals surface area contributed by atoms with Crippen molar-refractivity contribution in [3.63, 3.8) is 0 Å². The number of benzene rings is 1. The standard InChI is InChI=1S/C14H20N2OS/c1-11(5-4-8-15)14(17)16-9-10-18-13-7-3-2-6-12(13)16/h2-3,6-7,11H,4-5,8-10,15H2,1H3. The van der Waals surface area contributed by atoms with Gasteiger partial charge in [-0.3, -0.25) is 4.79 Å². The molecule has 1 aromatic carbocycles.